The van der Waals surface area contributed by atoms with Crippen molar-refractivity contribution in [3.8, 4) is 5.75 Å². The van der Waals surface area contributed by atoms with E-state index in [2.05, 4.69) is 12.2 Å². The Morgan fingerprint density at radius 3 is 2.67 bits per heavy atom. The van der Waals surface area contributed by atoms with Gasteiger partial charge in [0.1, 0.15) is 11.3 Å². The molecule has 2 heterocycles. The zero-order valence-electron chi connectivity index (χ0n) is 14.9. The fraction of sp³-hybridized carbons (Fsp3) is 0.474. The van der Waals surface area contributed by atoms with Crippen LogP contribution in [-0.4, -0.2) is 23.1 Å². The van der Waals surface area contributed by atoms with Gasteiger partial charge in [0.25, 0.3) is 11.5 Å². The normalized spacial score (nSPS) is 17.0. The largest absolute Gasteiger partial charge is 0.496 e. The Labute approximate surface area is 141 Å². The molecule has 3 rings (SSSR count). The number of benzene rings is 1. The van der Waals surface area contributed by atoms with Gasteiger partial charge in [-0.3, -0.25) is 9.59 Å². The van der Waals surface area contributed by atoms with Gasteiger partial charge in [-0.05, 0) is 56.7 Å². The first-order valence-electron chi connectivity index (χ1n) is 8.30. The molecule has 0 radical (unpaired) electrons. The summed E-state index contributed by atoms with van der Waals surface area (Å²) in [6.07, 6.45) is 0.854. The van der Waals surface area contributed by atoms with Gasteiger partial charge in [-0.1, -0.05) is 6.92 Å². The van der Waals surface area contributed by atoms with E-state index in [-0.39, 0.29) is 22.6 Å². The van der Waals surface area contributed by atoms with Gasteiger partial charge in [0.2, 0.25) is 0 Å². The summed E-state index contributed by atoms with van der Waals surface area (Å²) in [4.78, 5) is 25.4. The van der Waals surface area contributed by atoms with E-state index in [1.807, 2.05) is 32.9 Å². The molecule has 24 heavy (non-hydrogen) atoms. The highest BCUT2D eigenvalue weighted by Crippen LogP contribution is 2.38. The van der Waals surface area contributed by atoms with Crippen LogP contribution in [0.4, 0.5) is 0 Å². The van der Waals surface area contributed by atoms with Crippen LogP contribution < -0.4 is 15.6 Å². The van der Waals surface area contributed by atoms with E-state index in [1.54, 1.807) is 17.7 Å². The lowest BCUT2D eigenvalue weighted by atomic mass is 9.90. The minimum atomic E-state index is -0.389. The molecule has 1 N–H and O–H groups in total. The lowest BCUT2D eigenvalue weighted by molar-refractivity contribution is 0.0917. The van der Waals surface area contributed by atoms with Gasteiger partial charge < -0.3 is 14.6 Å². The Morgan fingerprint density at radius 1 is 1.33 bits per heavy atom. The second kappa shape index (κ2) is 5.65. The molecular formula is C19H24N2O3. The number of pyridine rings is 1. The number of aromatic nitrogens is 1. The molecule has 1 unspecified atom stereocenters. The monoisotopic (exact) mass is 328 g/mol. The van der Waals surface area contributed by atoms with Crippen molar-refractivity contribution >= 4 is 16.8 Å². The maximum absolute atomic E-state index is 12.9. The third-order valence-electron chi connectivity index (χ3n) is 4.49. The molecule has 0 saturated carbocycles. The standard InChI is InChI=1S/C19H24N2O3/c1-11-8-9-21-16-12(6-7-14(24-5)15(11)16)10-13(18(21)23)17(22)20-19(2,3)4/h6-7,10-11H,8-9H2,1-5H3,(H,20,22). The van der Waals surface area contributed by atoms with Crippen molar-refractivity contribution < 1.29 is 9.53 Å². The van der Waals surface area contributed by atoms with Crippen molar-refractivity contribution in [3.63, 3.8) is 0 Å². The molecule has 2 aromatic rings. The molecule has 1 aliphatic heterocycles. The predicted molar refractivity (Wildman–Crippen MR) is 95.0 cm³/mol. The van der Waals surface area contributed by atoms with Crippen LogP contribution in [-0.2, 0) is 6.54 Å². The van der Waals surface area contributed by atoms with Gasteiger partial charge in [0, 0.05) is 17.6 Å². The SMILES string of the molecule is COc1ccc2cc(C(=O)NC(C)(C)C)c(=O)n3c2c1C(C)CC3. The molecule has 0 saturated heterocycles. The Balaban J connectivity index is 2.26. The van der Waals surface area contributed by atoms with Gasteiger partial charge in [0.15, 0.2) is 0 Å². The molecular weight excluding hydrogens is 304 g/mol. The Kier molecular flexibility index (Phi) is 3.90. The van der Waals surface area contributed by atoms with Gasteiger partial charge in [-0.2, -0.15) is 0 Å². The van der Waals surface area contributed by atoms with E-state index in [9.17, 15) is 9.59 Å². The lowest BCUT2D eigenvalue weighted by Gasteiger charge is -2.27. The molecule has 1 amide bonds. The van der Waals surface area contributed by atoms with Gasteiger partial charge >= 0.3 is 0 Å². The molecule has 1 aliphatic rings. The smallest absolute Gasteiger partial charge is 0.263 e. The van der Waals surface area contributed by atoms with Crippen LogP contribution in [0.1, 0.15) is 56.0 Å². The number of carbonyl (C=O) groups excluding carboxylic acids is 1. The number of hydrogen-bond acceptors (Lipinski definition) is 3. The molecule has 1 aromatic heterocycles. The minimum absolute atomic E-state index is 0.197. The number of carbonyl (C=O) groups is 1. The lowest BCUT2D eigenvalue weighted by Crippen LogP contribution is -2.43. The second-order valence-electron chi connectivity index (χ2n) is 7.53. The van der Waals surface area contributed by atoms with E-state index < -0.39 is 0 Å². The molecule has 0 bridgehead atoms. The van der Waals surface area contributed by atoms with E-state index >= 15 is 0 Å². The molecule has 5 heteroatoms. The Morgan fingerprint density at radius 2 is 2.04 bits per heavy atom. The zero-order valence-corrected chi connectivity index (χ0v) is 14.9. The quantitative estimate of drug-likeness (QED) is 0.922. The van der Waals surface area contributed by atoms with Crippen molar-refractivity contribution in [2.75, 3.05) is 7.11 Å². The fourth-order valence-corrected chi connectivity index (χ4v) is 3.39. The van der Waals surface area contributed by atoms with Crippen LogP contribution in [0, 0.1) is 0 Å². The number of ether oxygens (including phenoxy) is 1. The van der Waals surface area contributed by atoms with Crippen LogP contribution in [0.25, 0.3) is 10.9 Å². The van der Waals surface area contributed by atoms with E-state index in [4.69, 9.17) is 4.74 Å². The molecule has 1 aromatic carbocycles. The first kappa shape index (κ1) is 16.6. The molecule has 128 valence electrons. The maximum Gasteiger partial charge on any atom is 0.263 e. The summed E-state index contributed by atoms with van der Waals surface area (Å²) in [6, 6.07) is 5.54. The molecule has 0 fully saturated rings. The van der Waals surface area contributed by atoms with Crippen molar-refractivity contribution in [3.05, 3.63) is 39.7 Å². The summed E-state index contributed by atoms with van der Waals surface area (Å²) in [5.41, 5.74) is 1.53. The third kappa shape index (κ3) is 2.68. The third-order valence-corrected chi connectivity index (χ3v) is 4.49. The van der Waals surface area contributed by atoms with Crippen molar-refractivity contribution in [2.24, 2.45) is 0 Å². The molecule has 5 nitrogen and oxygen atoms in total. The number of amides is 1. The summed E-state index contributed by atoms with van der Waals surface area (Å²) in [6.45, 7) is 8.47. The fourth-order valence-electron chi connectivity index (χ4n) is 3.39. The summed E-state index contributed by atoms with van der Waals surface area (Å²) < 4.78 is 7.22. The van der Waals surface area contributed by atoms with Crippen molar-refractivity contribution in [2.45, 2.75) is 52.1 Å². The van der Waals surface area contributed by atoms with Crippen LogP contribution >= 0.6 is 0 Å². The van der Waals surface area contributed by atoms with E-state index in [0.717, 1.165) is 28.6 Å². The first-order valence-corrected chi connectivity index (χ1v) is 8.30. The van der Waals surface area contributed by atoms with Crippen LogP contribution in [0.5, 0.6) is 5.75 Å². The highest BCUT2D eigenvalue weighted by molar-refractivity contribution is 5.98. The van der Waals surface area contributed by atoms with Gasteiger partial charge in [-0.25, -0.2) is 0 Å². The van der Waals surface area contributed by atoms with E-state index in [1.165, 1.54) is 0 Å². The predicted octanol–water partition coefficient (Wildman–Crippen LogP) is 3.05. The number of aryl methyl sites for hydroxylation is 1. The summed E-state index contributed by atoms with van der Waals surface area (Å²) >= 11 is 0. The van der Waals surface area contributed by atoms with Gasteiger partial charge in [-0.15, -0.1) is 0 Å². The first-order chi connectivity index (χ1) is 11.2. The van der Waals surface area contributed by atoms with Crippen LogP contribution in [0.2, 0.25) is 0 Å². The average Bonchev–Trinajstić information content (AvgIpc) is 2.50. The molecule has 1 atom stereocenters. The average molecular weight is 328 g/mol. The second-order valence-corrected chi connectivity index (χ2v) is 7.53. The highest BCUT2D eigenvalue weighted by atomic mass is 16.5. The topological polar surface area (TPSA) is 60.3 Å². The number of hydrogen-bond donors (Lipinski definition) is 1. The number of nitrogens with one attached hydrogen (secondary N) is 1. The van der Waals surface area contributed by atoms with Gasteiger partial charge in [0.05, 0.1) is 12.6 Å². The van der Waals surface area contributed by atoms with Crippen LogP contribution in [0.15, 0.2) is 23.0 Å². The molecule has 0 aliphatic carbocycles. The summed E-state index contributed by atoms with van der Waals surface area (Å²) in [5, 5.41) is 3.78. The van der Waals surface area contributed by atoms with Crippen molar-refractivity contribution in [1.82, 2.24) is 9.88 Å². The number of methoxy groups -OCH3 is 1. The minimum Gasteiger partial charge on any atom is -0.496 e. The summed E-state index contributed by atoms with van der Waals surface area (Å²) in [7, 11) is 1.65. The number of nitrogens with zero attached hydrogens (tertiary/aromatic N) is 1. The summed E-state index contributed by atoms with van der Waals surface area (Å²) in [5.74, 6) is 0.793. The van der Waals surface area contributed by atoms with Crippen molar-refractivity contribution in [1.29, 1.82) is 0 Å². The Bertz CT molecular complexity index is 875. The van der Waals surface area contributed by atoms with Crippen LogP contribution in [0.3, 0.4) is 0 Å². The zero-order chi connectivity index (χ0) is 17.6. The molecule has 0 spiro atoms. The Hall–Kier alpha value is -2.30. The highest BCUT2D eigenvalue weighted by Gasteiger charge is 2.26. The van der Waals surface area contributed by atoms with E-state index in [0.29, 0.717) is 12.5 Å². The number of rotatable bonds is 2. The maximum atomic E-state index is 12.9.